The zero-order chi connectivity index (χ0) is 15.5. The zero-order valence-corrected chi connectivity index (χ0v) is 9.97. The van der Waals surface area contributed by atoms with Crippen LogP contribution < -0.4 is 15.5 Å². The molecule has 0 spiro atoms. The third-order valence-corrected chi connectivity index (χ3v) is 2.06. The van der Waals surface area contributed by atoms with Gasteiger partial charge in [0.25, 0.3) is 0 Å². The van der Waals surface area contributed by atoms with Crippen LogP contribution in [-0.4, -0.2) is 18.2 Å². The van der Waals surface area contributed by atoms with E-state index in [4.69, 9.17) is 11.1 Å². The molecule has 0 aliphatic rings. The second-order valence-corrected chi connectivity index (χ2v) is 3.40. The SMILES string of the molecule is COc1cc(N(O[N+](=O)[O-])C(=N)N)cc(C(F)(F)F)c1. The predicted octanol–water partition coefficient (Wildman–Crippen LogP) is 1.54. The van der Waals surface area contributed by atoms with Crippen LogP contribution in [0.4, 0.5) is 18.9 Å². The first kappa shape index (κ1) is 15.3. The summed E-state index contributed by atoms with van der Waals surface area (Å²) in [4.78, 5) is 14.2. The molecule has 1 aromatic carbocycles. The minimum atomic E-state index is -4.71. The summed E-state index contributed by atoms with van der Waals surface area (Å²) in [5.74, 6) is -1.20. The van der Waals surface area contributed by atoms with Gasteiger partial charge >= 0.3 is 11.3 Å². The fourth-order valence-corrected chi connectivity index (χ4v) is 1.28. The van der Waals surface area contributed by atoms with E-state index in [0.29, 0.717) is 12.1 Å². The quantitative estimate of drug-likeness (QED) is 0.376. The summed E-state index contributed by atoms with van der Waals surface area (Å²) in [5, 5.41) is 16.2. The highest BCUT2D eigenvalue weighted by atomic mass is 19.4. The van der Waals surface area contributed by atoms with E-state index >= 15 is 0 Å². The number of ether oxygens (including phenoxy) is 1. The smallest absolute Gasteiger partial charge is 0.416 e. The molecule has 8 nitrogen and oxygen atoms in total. The van der Waals surface area contributed by atoms with Crippen molar-refractivity contribution < 1.29 is 27.9 Å². The lowest BCUT2D eigenvalue weighted by Gasteiger charge is -2.20. The molecular formula is C9H9F3N4O4. The molecule has 110 valence electrons. The Morgan fingerprint density at radius 3 is 2.45 bits per heavy atom. The van der Waals surface area contributed by atoms with Gasteiger partial charge < -0.3 is 10.5 Å². The maximum Gasteiger partial charge on any atom is 0.416 e. The third-order valence-electron chi connectivity index (χ3n) is 2.06. The number of halogens is 3. The second kappa shape index (κ2) is 5.50. The van der Waals surface area contributed by atoms with Crippen molar-refractivity contribution in [2.24, 2.45) is 5.73 Å². The van der Waals surface area contributed by atoms with Gasteiger partial charge in [0.1, 0.15) is 5.75 Å². The molecule has 1 aromatic rings. The van der Waals surface area contributed by atoms with Gasteiger partial charge in [-0.15, -0.1) is 15.2 Å². The summed E-state index contributed by atoms with van der Waals surface area (Å²) >= 11 is 0. The van der Waals surface area contributed by atoms with Gasteiger partial charge in [-0.25, -0.2) is 0 Å². The Morgan fingerprint density at radius 2 is 2.05 bits per heavy atom. The summed E-state index contributed by atoms with van der Waals surface area (Å²) in [6, 6.07) is 2.22. The van der Waals surface area contributed by atoms with Gasteiger partial charge in [0.15, 0.2) is 0 Å². The Bertz CT molecular complexity index is 534. The van der Waals surface area contributed by atoms with Crippen LogP contribution in [0.2, 0.25) is 0 Å². The lowest BCUT2D eigenvalue weighted by molar-refractivity contribution is -0.758. The van der Waals surface area contributed by atoms with Crippen molar-refractivity contribution in [2.45, 2.75) is 6.18 Å². The van der Waals surface area contributed by atoms with Gasteiger partial charge in [-0.2, -0.15) is 18.1 Å². The van der Waals surface area contributed by atoms with E-state index in [2.05, 4.69) is 9.68 Å². The van der Waals surface area contributed by atoms with Crippen molar-refractivity contribution in [2.75, 3.05) is 12.2 Å². The number of alkyl halides is 3. The summed E-state index contributed by atoms with van der Waals surface area (Å²) in [6.45, 7) is 0. The van der Waals surface area contributed by atoms with E-state index in [1.807, 2.05) is 0 Å². The van der Waals surface area contributed by atoms with E-state index in [9.17, 15) is 23.3 Å². The molecule has 20 heavy (non-hydrogen) atoms. The standard InChI is InChI=1S/C9H9F3N4O4/c1-19-7-3-5(9(10,11)12)2-6(4-7)15(8(13)14)20-16(17)18/h2-4H,1H3,(H3,13,14). The summed E-state index contributed by atoms with van der Waals surface area (Å²) in [5.41, 5.74) is 3.42. The summed E-state index contributed by atoms with van der Waals surface area (Å²) in [6.07, 6.45) is -4.71. The van der Waals surface area contributed by atoms with Crippen molar-refractivity contribution in [1.82, 2.24) is 0 Å². The van der Waals surface area contributed by atoms with Crippen molar-refractivity contribution in [3.8, 4) is 5.75 Å². The number of nitrogens with one attached hydrogen (secondary N) is 1. The topological polar surface area (TPSA) is 115 Å². The molecule has 0 atom stereocenters. The first-order chi connectivity index (χ1) is 9.15. The zero-order valence-electron chi connectivity index (χ0n) is 9.97. The second-order valence-electron chi connectivity index (χ2n) is 3.40. The molecule has 0 heterocycles. The minimum absolute atomic E-state index is 0.123. The molecule has 0 fully saturated rings. The monoisotopic (exact) mass is 294 g/mol. The number of hydroxylamine groups is 1. The fourth-order valence-electron chi connectivity index (χ4n) is 1.28. The number of methoxy groups -OCH3 is 1. The summed E-state index contributed by atoms with van der Waals surface area (Å²) < 4.78 is 42.7. The van der Waals surface area contributed by atoms with Gasteiger partial charge in [-0.05, 0) is 12.1 Å². The number of guanidine groups is 1. The molecule has 0 radical (unpaired) electrons. The highest BCUT2D eigenvalue weighted by molar-refractivity contribution is 5.90. The Morgan fingerprint density at radius 1 is 1.45 bits per heavy atom. The number of hydrogen-bond donors (Lipinski definition) is 2. The van der Waals surface area contributed by atoms with Crippen molar-refractivity contribution in [1.29, 1.82) is 5.41 Å². The molecule has 0 amide bonds. The van der Waals surface area contributed by atoms with E-state index in [1.54, 1.807) is 0 Å². The van der Waals surface area contributed by atoms with Gasteiger partial charge in [0, 0.05) is 6.07 Å². The lowest BCUT2D eigenvalue weighted by atomic mass is 10.2. The number of nitrogens with two attached hydrogens (primary N) is 1. The van der Waals surface area contributed by atoms with Crippen LogP contribution in [-0.2, 0) is 11.1 Å². The third kappa shape index (κ3) is 3.63. The van der Waals surface area contributed by atoms with Crippen LogP contribution in [0.15, 0.2) is 18.2 Å². The maximum atomic E-state index is 12.7. The van der Waals surface area contributed by atoms with Gasteiger partial charge in [-0.1, -0.05) is 0 Å². The minimum Gasteiger partial charge on any atom is -0.497 e. The summed E-state index contributed by atoms with van der Waals surface area (Å²) in [7, 11) is 1.12. The first-order valence-electron chi connectivity index (χ1n) is 4.88. The van der Waals surface area contributed by atoms with Crippen LogP contribution in [0.25, 0.3) is 0 Å². The highest BCUT2D eigenvalue weighted by Crippen LogP contribution is 2.35. The van der Waals surface area contributed by atoms with Crippen LogP contribution in [0, 0.1) is 15.5 Å². The Labute approximate surface area is 110 Å². The number of hydrogen-bond acceptors (Lipinski definition) is 5. The molecule has 0 saturated heterocycles. The molecule has 11 heteroatoms. The number of rotatable bonds is 4. The van der Waals surface area contributed by atoms with Crippen molar-refractivity contribution in [3.05, 3.63) is 33.9 Å². The Balaban J connectivity index is 3.34. The first-order valence-corrected chi connectivity index (χ1v) is 4.88. The average Bonchev–Trinajstić information content (AvgIpc) is 2.33. The largest absolute Gasteiger partial charge is 0.497 e. The van der Waals surface area contributed by atoms with Crippen molar-refractivity contribution in [3.63, 3.8) is 0 Å². The van der Waals surface area contributed by atoms with E-state index in [0.717, 1.165) is 13.2 Å². The number of anilines is 1. The number of benzene rings is 1. The Hall–Kier alpha value is -2.72. The van der Waals surface area contributed by atoms with Crippen LogP contribution in [0.3, 0.4) is 0 Å². The molecule has 1 rings (SSSR count). The molecule has 0 aliphatic heterocycles. The normalized spacial score (nSPS) is 10.8. The molecule has 0 aliphatic carbocycles. The van der Waals surface area contributed by atoms with Gasteiger partial charge in [-0.3, -0.25) is 5.41 Å². The molecule has 0 saturated carbocycles. The van der Waals surface area contributed by atoms with Crippen LogP contribution >= 0.6 is 0 Å². The van der Waals surface area contributed by atoms with Gasteiger partial charge in [0.05, 0.1) is 18.4 Å². The van der Waals surface area contributed by atoms with Gasteiger partial charge in [0.2, 0.25) is 5.96 Å². The molecule has 3 N–H and O–H groups in total. The van der Waals surface area contributed by atoms with Crippen LogP contribution in [0.1, 0.15) is 5.56 Å². The van der Waals surface area contributed by atoms with E-state index < -0.39 is 28.5 Å². The van der Waals surface area contributed by atoms with Crippen LogP contribution in [0.5, 0.6) is 5.75 Å². The van der Waals surface area contributed by atoms with Crippen molar-refractivity contribution >= 4 is 11.6 Å². The average molecular weight is 294 g/mol. The highest BCUT2D eigenvalue weighted by Gasteiger charge is 2.32. The lowest BCUT2D eigenvalue weighted by Crippen LogP contribution is -2.38. The molecule has 0 bridgehead atoms. The molecule has 0 aromatic heterocycles. The molecule has 0 unspecified atom stereocenters. The number of nitrogens with zero attached hydrogens (tertiary/aromatic N) is 2. The fraction of sp³-hybridized carbons (Fsp3) is 0.222. The van der Waals surface area contributed by atoms with E-state index in [1.165, 1.54) is 0 Å². The molecular weight excluding hydrogens is 285 g/mol. The maximum absolute atomic E-state index is 12.7. The van der Waals surface area contributed by atoms with E-state index in [-0.39, 0.29) is 10.8 Å². The predicted molar refractivity (Wildman–Crippen MR) is 60.5 cm³/mol. The Kier molecular flexibility index (Phi) is 4.22.